The smallest absolute Gasteiger partial charge is 0.409 e. The summed E-state index contributed by atoms with van der Waals surface area (Å²) >= 11 is 0. The number of ether oxygens (including phenoxy) is 1. The third-order valence-corrected chi connectivity index (χ3v) is 9.92. The Hall–Kier alpha value is -2.42. The van der Waals surface area contributed by atoms with Gasteiger partial charge in [-0.3, -0.25) is 0 Å². The maximum Gasteiger partial charge on any atom is 0.409 e. The van der Waals surface area contributed by atoms with Gasteiger partial charge < -0.3 is 14.5 Å². The van der Waals surface area contributed by atoms with Crippen molar-refractivity contribution in [3.05, 3.63) is 66.2 Å². The van der Waals surface area contributed by atoms with Crippen LogP contribution in [0.3, 0.4) is 0 Å². The number of carbonyl (C=O) groups excluding carboxylic acids is 1. The van der Waals surface area contributed by atoms with Gasteiger partial charge in [0.2, 0.25) is 10.0 Å². The minimum absolute atomic E-state index is 0.0904. The van der Waals surface area contributed by atoms with Crippen molar-refractivity contribution >= 4 is 16.1 Å². The Balaban J connectivity index is 1.35. The molecular weight excluding hydrogens is 486 g/mol. The van der Waals surface area contributed by atoms with E-state index in [0.717, 1.165) is 51.0 Å². The molecule has 1 amide bonds. The number of rotatable bonds is 11. The number of likely N-dealkylation sites (tertiary alicyclic amines) is 1. The van der Waals surface area contributed by atoms with Crippen LogP contribution in [0.25, 0.3) is 0 Å². The van der Waals surface area contributed by atoms with E-state index >= 15 is 0 Å². The van der Waals surface area contributed by atoms with E-state index in [1.54, 1.807) is 31.3 Å². The van der Waals surface area contributed by atoms with Crippen LogP contribution >= 0.6 is 0 Å². The second-order valence-electron chi connectivity index (χ2n) is 10.5. The van der Waals surface area contributed by atoms with Crippen LogP contribution in [-0.2, 0) is 14.8 Å². The molecule has 37 heavy (non-hydrogen) atoms. The summed E-state index contributed by atoms with van der Waals surface area (Å²) in [5, 5.41) is 0. The van der Waals surface area contributed by atoms with Crippen LogP contribution in [0.5, 0.6) is 0 Å². The van der Waals surface area contributed by atoms with Crippen molar-refractivity contribution in [2.45, 2.75) is 55.4 Å². The highest BCUT2D eigenvalue weighted by atomic mass is 32.2. The maximum atomic E-state index is 13.2. The summed E-state index contributed by atoms with van der Waals surface area (Å²) in [7, 11) is -0.400. The van der Waals surface area contributed by atoms with Gasteiger partial charge in [0.25, 0.3) is 0 Å². The van der Waals surface area contributed by atoms with Gasteiger partial charge in [0.1, 0.15) is 0 Å². The Morgan fingerprint density at radius 3 is 2.19 bits per heavy atom. The minimum Gasteiger partial charge on any atom is -0.453 e. The normalized spacial score (nSPS) is 18.4. The fourth-order valence-corrected chi connectivity index (χ4v) is 6.74. The van der Waals surface area contributed by atoms with Gasteiger partial charge >= 0.3 is 6.09 Å². The predicted octanol–water partition coefficient (Wildman–Crippen LogP) is 4.81. The number of likely N-dealkylation sites (N-methyl/N-ethyl adjacent to an activating group) is 1. The van der Waals surface area contributed by atoms with Crippen LogP contribution in [0, 0.1) is 5.92 Å². The SMILES string of the molecule is COC(=O)N(CC1CCC1)C1CCN(CCC(CN(C)S(=O)(=O)c2ccccc2)c2ccccc2)CC1. The van der Waals surface area contributed by atoms with Crippen molar-refractivity contribution in [1.29, 1.82) is 0 Å². The summed E-state index contributed by atoms with van der Waals surface area (Å²) in [5.41, 5.74) is 1.16. The Morgan fingerprint density at radius 1 is 1.00 bits per heavy atom. The molecule has 0 bridgehead atoms. The zero-order chi connectivity index (χ0) is 26.3. The van der Waals surface area contributed by atoms with Gasteiger partial charge in [0, 0.05) is 39.3 Å². The highest BCUT2D eigenvalue weighted by molar-refractivity contribution is 7.89. The zero-order valence-electron chi connectivity index (χ0n) is 22.2. The first-order valence-corrected chi connectivity index (χ1v) is 15.0. The van der Waals surface area contributed by atoms with Crippen LogP contribution in [0.15, 0.2) is 65.6 Å². The maximum absolute atomic E-state index is 13.2. The van der Waals surface area contributed by atoms with Crippen molar-refractivity contribution < 1.29 is 17.9 Å². The molecule has 2 aromatic carbocycles. The largest absolute Gasteiger partial charge is 0.453 e. The standard InChI is InChI=1S/C29H41N3O4S/c1-30(37(34,35)28-14-7-4-8-15-28)23-26(25-12-5-3-6-13-25)16-19-31-20-17-27(18-21-31)32(29(33)36-2)22-24-10-9-11-24/h3-8,12-15,24,26-27H,9-11,16-23H2,1-2H3. The number of sulfonamides is 1. The number of methoxy groups -OCH3 is 1. The first-order valence-electron chi connectivity index (χ1n) is 13.5. The van der Waals surface area contributed by atoms with Crippen molar-refractivity contribution in [3.8, 4) is 0 Å². The lowest BCUT2D eigenvalue weighted by atomic mass is 9.84. The van der Waals surface area contributed by atoms with Crippen molar-refractivity contribution in [1.82, 2.24) is 14.1 Å². The molecule has 1 aliphatic heterocycles. The Labute approximate surface area is 222 Å². The molecule has 1 unspecified atom stereocenters. The number of amides is 1. The molecule has 0 N–H and O–H groups in total. The lowest BCUT2D eigenvalue weighted by Crippen LogP contribution is -2.49. The van der Waals surface area contributed by atoms with Crippen molar-refractivity contribution in [3.63, 3.8) is 0 Å². The topological polar surface area (TPSA) is 70.2 Å². The lowest BCUT2D eigenvalue weighted by molar-refractivity contribution is 0.0601. The minimum atomic E-state index is -3.55. The highest BCUT2D eigenvalue weighted by Gasteiger charge is 2.32. The molecule has 202 valence electrons. The molecule has 7 nitrogen and oxygen atoms in total. The fraction of sp³-hybridized carbons (Fsp3) is 0.552. The molecule has 2 aliphatic rings. The average Bonchev–Trinajstić information content (AvgIpc) is 2.91. The molecule has 0 spiro atoms. The van der Waals surface area contributed by atoms with E-state index in [1.165, 1.54) is 30.7 Å². The Morgan fingerprint density at radius 2 is 1.62 bits per heavy atom. The summed E-state index contributed by atoms with van der Waals surface area (Å²) in [6.07, 6.45) is 6.25. The third-order valence-electron chi connectivity index (χ3n) is 8.08. The number of carbonyl (C=O) groups is 1. The van der Waals surface area contributed by atoms with Crippen LogP contribution in [0.1, 0.15) is 50.0 Å². The highest BCUT2D eigenvalue weighted by Crippen LogP contribution is 2.30. The van der Waals surface area contributed by atoms with Gasteiger partial charge in [-0.15, -0.1) is 0 Å². The van der Waals surface area contributed by atoms with E-state index in [9.17, 15) is 13.2 Å². The third kappa shape index (κ3) is 7.12. The van der Waals surface area contributed by atoms with Crippen molar-refractivity contribution in [2.24, 2.45) is 5.92 Å². The molecule has 0 radical (unpaired) electrons. The van der Waals surface area contributed by atoms with E-state index < -0.39 is 10.0 Å². The van der Waals surface area contributed by atoms with Crippen LogP contribution in [0.4, 0.5) is 4.79 Å². The summed E-state index contributed by atoms with van der Waals surface area (Å²) in [5.74, 6) is 0.709. The van der Waals surface area contributed by atoms with Gasteiger partial charge in [-0.1, -0.05) is 55.0 Å². The second-order valence-corrected chi connectivity index (χ2v) is 12.5. The molecule has 1 atom stereocenters. The van der Waals surface area contributed by atoms with E-state index in [1.807, 2.05) is 29.2 Å². The van der Waals surface area contributed by atoms with Crippen LogP contribution < -0.4 is 0 Å². The molecule has 1 heterocycles. The number of piperidine rings is 1. The van der Waals surface area contributed by atoms with Gasteiger partial charge in [-0.05, 0) is 68.2 Å². The molecule has 1 aliphatic carbocycles. The van der Waals surface area contributed by atoms with Gasteiger partial charge in [-0.2, -0.15) is 0 Å². The second kappa shape index (κ2) is 12.9. The van der Waals surface area contributed by atoms with Crippen molar-refractivity contribution in [2.75, 3.05) is 46.9 Å². The zero-order valence-corrected chi connectivity index (χ0v) is 23.0. The number of hydrogen-bond donors (Lipinski definition) is 0. The summed E-state index contributed by atoms with van der Waals surface area (Å²) < 4.78 is 32.9. The van der Waals surface area contributed by atoms with E-state index in [-0.39, 0.29) is 18.1 Å². The molecule has 8 heteroatoms. The molecule has 4 rings (SSSR count). The number of benzene rings is 2. The average molecular weight is 528 g/mol. The molecular formula is C29H41N3O4S. The first kappa shape index (κ1) is 27.6. The lowest BCUT2D eigenvalue weighted by Gasteiger charge is -2.41. The predicted molar refractivity (Wildman–Crippen MR) is 146 cm³/mol. The first-order chi connectivity index (χ1) is 17.9. The fourth-order valence-electron chi connectivity index (χ4n) is 5.51. The molecule has 2 fully saturated rings. The Bertz CT molecular complexity index is 1080. The van der Waals surface area contributed by atoms with Crippen LogP contribution in [-0.4, -0.2) is 81.5 Å². The van der Waals surface area contributed by atoms with E-state index in [4.69, 9.17) is 4.74 Å². The van der Waals surface area contributed by atoms with Gasteiger partial charge in [0.15, 0.2) is 0 Å². The van der Waals surface area contributed by atoms with Crippen LogP contribution in [0.2, 0.25) is 0 Å². The van der Waals surface area contributed by atoms with Gasteiger partial charge in [-0.25, -0.2) is 17.5 Å². The monoisotopic (exact) mass is 527 g/mol. The number of nitrogens with zero attached hydrogens (tertiary/aromatic N) is 3. The quantitative estimate of drug-likeness (QED) is 0.419. The van der Waals surface area contributed by atoms with E-state index in [2.05, 4.69) is 17.0 Å². The molecule has 0 aromatic heterocycles. The molecule has 2 aromatic rings. The van der Waals surface area contributed by atoms with Gasteiger partial charge in [0.05, 0.1) is 12.0 Å². The Kier molecular flexibility index (Phi) is 9.62. The number of hydrogen-bond acceptors (Lipinski definition) is 5. The van der Waals surface area contributed by atoms with E-state index in [0.29, 0.717) is 17.4 Å². The summed E-state index contributed by atoms with van der Waals surface area (Å²) in [4.78, 5) is 17.2. The molecule has 1 saturated heterocycles. The summed E-state index contributed by atoms with van der Waals surface area (Å²) in [6, 6.07) is 19.1. The molecule has 1 saturated carbocycles. The summed E-state index contributed by atoms with van der Waals surface area (Å²) in [6.45, 7) is 4.00.